The molecule has 0 aromatic heterocycles. The molecule has 0 heterocycles. The zero-order chi connectivity index (χ0) is 5.49. The van der Waals surface area contributed by atoms with E-state index in [1.165, 1.54) is 18.4 Å². The fourth-order valence-electron chi connectivity index (χ4n) is 0.802. The third-order valence-corrected chi connectivity index (χ3v) is 2.11. The van der Waals surface area contributed by atoms with Gasteiger partial charge in [-0.05, 0) is 18.3 Å². The van der Waals surface area contributed by atoms with E-state index in [9.17, 15) is 0 Å². The molecule has 0 aliphatic heterocycles. The summed E-state index contributed by atoms with van der Waals surface area (Å²) < 4.78 is 0. The molecule has 0 aromatic rings. The normalized spacial score (nSPS) is 38.9. The van der Waals surface area contributed by atoms with Crippen LogP contribution >= 0.6 is 0 Å². The zero-order valence-corrected chi connectivity index (χ0v) is 5.12. The molecule has 1 saturated carbocycles. The highest BCUT2D eigenvalue weighted by Crippen LogP contribution is 2.52. The molecule has 1 aliphatic carbocycles. The highest BCUT2D eigenvalue weighted by atomic mass is 14.4. The van der Waals surface area contributed by atoms with Crippen molar-refractivity contribution in [3.8, 4) is 0 Å². The Bertz CT molecular complexity index is 103. The monoisotopic (exact) mass is 96.1 g/mol. The maximum atomic E-state index is 3.89. The summed E-state index contributed by atoms with van der Waals surface area (Å²) in [5.74, 6) is 0. The minimum Gasteiger partial charge on any atom is -0.0993 e. The molecule has 0 amide bonds. The van der Waals surface area contributed by atoms with E-state index in [1.54, 1.807) is 0 Å². The van der Waals surface area contributed by atoms with Crippen LogP contribution in [0.2, 0.25) is 0 Å². The Kier molecular flexibility index (Phi) is 0.781. The van der Waals surface area contributed by atoms with Gasteiger partial charge in [0.05, 0.1) is 0 Å². The first-order valence-corrected chi connectivity index (χ1v) is 2.87. The highest BCUT2D eigenvalue weighted by molar-refractivity contribution is 5.26. The second-order valence-electron chi connectivity index (χ2n) is 2.69. The second-order valence-corrected chi connectivity index (χ2v) is 2.69. The van der Waals surface area contributed by atoms with Crippen molar-refractivity contribution in [2.24, 2.45) is 5.41 Å². The van der Waals surface area contributed by atoms with Crippen LogP contribution in [0.15, 0.2) is 12.2 Å². The van der Waals surface area contributed by atoms with Crippen molar-refractivity contribution in [1.82, 2.24) is 0 Å². The van der Waals surface area contributed by atoms with Crippen LogP contribution in [0.4, 0.5) is 0 Å². The highest BCUT2D eigenvalue weighted by Gasteiger charge is 2.39. The Morgan fingerprint density at radius 2 is 2.29 bits per heavy atom. The van der Waals surface area contributed by atoms with Gasteiger partial charge in [0.1, 0.15) is 0 Å². The van der Waals surface area contributed by atoms with E-state index in [-0.39, 0.29) is 0 Å². The first-order chi connectivity index (χ1) is 3.19. The average molecular weight is 96.2 g/mol. The second kappa shape index (κ2) is 1.12. The molecule has 0 aromatic carbocycles. The molecule has 0 bridgehead atoms. The number of hydrogen-bond acceptors (Lipinski definition) is 0. The van der Waals surface area contributed by atoms with Gasteiger partial charge in [0, 0.05) is 0 Å². The van der Waals surface area contributed by atoms with Gasteiger partial charge in [-0.2, -0.15) is 0 Å². The summed E-state index contributed by atoms with van der Waals surface area (Å²) in [4.78, 5) is 0. The summed E-state index contributed by atoms with van der Waals surface area (Å²) >= 11 is 0. The Morgan fingerprint density at radius 3 is 2.29 bits per heavy atom. The van der Waals surface area contributed by atoms with Gasteiger partial charge in [-0.3, -0.25) is 0 Å². The van der Waals surface area contributed by atoms with Gasteiger partial charge < -0.3 is 0 Å². The van der Waals surface area contributed by atoms with Crippen LogP contribution in [0.1, 0.15) is 26.7 Å². The molecule has 0 radical (unpaired) electrons. The van der Waals surface area contributed by atoms with Gasteiger partial charge in [0.2, 0.25) is 0 Å². The topological polar surface area (TPSA) is 0 Å². The Labute approximate surface area is 45.2 Å². The molecule has 1 rings (SSSR count). The van der Waals surface area contributed by atoms with Gasteiger partial charge in [-0.25, -0.2) is 0 Å². The molecule has 0 spiro atoms. The van der Waals surface area contributed by atoms with Gasteiger partial charge in [-0.15, -0.1) is 0 Å². The maximum absolute atomic E-state index is 3.89. The van der Waals surface area contributed by atoms with Crippen molar-refractivity contribution in [3.63, 3.8) is 0 Å². The van der Waals surface area contributed by atoms with Crippen molar-refractivity contribution in [1.29, 1.82) is 0 Å². The molecule has 0 N–H and O–H groups in total. The summed E-state index contributed by atoms with van der Waals surface area (Å²) in [7, 11) is 0. The molecule has 1 unspecified atom stereocenters. The average Bonchev–Trinajstić information content (AvgIpc) is 2.18. The quantitative estimate of drug-likeness (QED) is 0.439. The standard InChI is InChI=1S/C7H12/c1-4-7(3)5-6(7)2/h2,4-5H2,1,3H3. The smallest absolute Gasteiger partial charge is 0.00841 e. The van der Waals surface area contributed by atoms with Crippen LogP contribution in [0.3, 0.4) is 0 Å². The Hall–Kier alpha value is -0.260. The molecule has 0 heteroatoms. The minimum atomic E-state index is 0.556. The van der Waals surface area contributed by atoms with Crippen LogP contribution in [0, 0.1) is 5.41 Å². The van der Waals surface area contributed by atoms with Gasteiger partial charge in [0.25, 0.3) is 0 Å². The molecule has 1 aliphatic rings. The van der Waals surface area contributed by atoms with E-state index in [0.717, 1.165) is 0 Å². The first-order valence-electron chi connectivity index (χ1n) is 2.87. The lowest BCUT2D eigenvalue weighted by atomic mass is 10.1. The van der Waals surface area contributed by atoms with E-state index in [2.05, 4.69) is 20.4 Å². The summed E-state index contributed by atoms with van der Waals surface area (Å²) in [6.45, 7) is 8.38. The van der Waals surface area contributed by atoms with E-state index in [1.807, 2.05) is 0 Å². The van der Waals surface area contributed by atoms with Crippen molar-refractivity contribution in [2.45, 2.75) is 26.7 Å². The van der Waals surface area contributed by atoms with E-state index in [4.69, 9.17) is 0 Å². The van der Waals surface area contributed by atoms with Crippen LogP contribution in [0.25, 0.3) is 0 Å². The van der Waals surface area contributed by atoms with E-state index in [0.29, 0.717) is 5.41 Å². The maximum Gasteiger partial charge on any atom is -0.00841 e. The molecular weight excluding hydrogens is 84.1 g/mol. The fourth-order valence-corrected chi connectivity index (χ4v) is 0.802. The lowest BCUT2D eigenvalue weighted by molar-refractivity contribution is 0.580. The van der Waals surface area contributed by atoms with Crippen LogP contribution < -0.4 is 0 Å². The molecule has 1 atom stereocenters. The SMILES string of the molecule is C=C1CC1(C)CC. The number of rotatable bonds is 1. The summed E-state index contributed by atoms with van der Waals surface area (Å²) in [6, 6.07) is 0. The zero-order valence-electron chi connectivity index (χ0n) is 5.12. The molecule has 0 saturated heterocycles. The van der Waals surface area contributed by atoms with Crippen LogP contribution in [0.5, 0.6) is 0 Å². The number of allylic oxidation sites excluding steroid dienone is 1. The van der Waals surface area contributed by atoms with Gasteiger partial charge >= 0.3 is 0 Å². The van der Waals surface area contributed by atoms with Gasteiger partial charge in [0.15, 0.2) is 0 Å². The lowest BCUT2D eigenvalue weighted by Crippen LogP contribution is -1.86. The summed E-state index contributed by atoms with van der Waals surface area (Å²) in [5.41, 5.74) is 2.00. The molecular formula is C7H12. The molecule has 1 fully saturated rings. The van der Waals surface area contributed by atoms with Crippen molar-refractivity contribution in [2.75, 3.05) is 0 Å². The largest absolute Gasteiger partial charge is 0.0993 e. The third kappa shape index (κ3) is 0.583. The van der Waals surface area contributed by atoms with Crippen molar-refractivity contribution in [3.05, 3.63) is 12.2 Å². The predicted molar refractivity (Wildman–Crippen MR) is 32.2 cm³/mol. The van der Waals surface area contributed by atoms with Crippen LogP contribution in [-0.4, -0.2) is 0 Å². The first kappa shape index (κ1) is 4.89. The minimum absolute atomic E-state index is 0.556. The Morgan fingerprint density at radius 1 is 1.86 bits per heavy atom. The third-order valence-electron chi connectivity index (χ3n) is 2.11. The van der Waals surface area contributed by atoms with E-state index < -0.39 is 0 Å². The predicted octanol–water partition coefficient (Wildman–Crippen LogP) is 2.36. The summed E-state index contributed by atoms with van der Waals surface area (Å²) in [6.07, 6.45) is 2.54. The van der Waals surface area contributed by atoms with Crippen molar-refractivity contribution < 1.29 is 0 Å². The van der Waals surface area contributed by atoms with Crippen LogP contribution in [-0.2, 0) is 0 Å². The molecule has 40 valence electrons. The fraction of sp³-hybridized carbons (Fsp3) is 0.714. The molecule has 7 heavy (non-hydrogen) atoms. The summed E-state index contributed by atoms with van der Waals surface area (Å²) in [5, 5.41) is 0. The van der Waals surface area contributed by atoms with Gasteiger partial charge in [-0.1, -0.05) is 26.0 Å². The van der Waals surface area contributed by atoms with E-state index >= 15 is 0 Å². The lowest BCUT2D eigenvalue weighted by Gasteiger charge is -1.97. The Balaban J connectivity index is 2.52. The van der Waals surface area contributed by atoms with Crippen molar-refractivity contribution >= 4 is 0 Å². The number of hydrogen-bond donors (Lipinski definition) is 0. The molecule has 0 nitrogen and oxygen atoms in total.